The number of hydrogen-bond acceptors (Lipinski definition) is 7. The Balaban J connectivity index is 1.87. The number of anilines is 1. The van der Waals surface area contributed by atoms with Gasteiger partial charge in [0.1, 0.15) is 6.23 Å². The van der Waals surface area contributed by atoms with Crippen LogP contribution in [0.2, 0.25) is 0 Å². The number of hydrogen-bond donors (Lipinski definition) is 2. The highest BCUT2D eigenvalue weighted by Gasteiger charge is 2.58. The number of halogens is 3. The van der Waals surface area contributed by atoms with Gasteiger partial charge in [-0.15, -0.1) is 0 Å². The first-order chi connectivity index (χ1) is 18.4. The normalized spacial score (nSPS) is 26.0. The van der Waals surface area contributed by atoms with Crippen molar-refractivity contribution < 1.29 is 36.5 Å². The number of rotatable bonds is 7. The average Bonchev–Trinajstić information content (AvgIpc) is 3.18. The van der Waals surface area contributed by atoms with Crippen LogP contribution in [0.1, 0.15) is 92.2 Å². The molecule has 0 saturated carbocycles. The number of nitrogens with one attached hydrogen (secondary N) is 2. The second kappa shape index (κ2) is 10.8. The summed E-state index contributed by atoms with van der Waals surface area (Å²) in [5, 5.41) is 11.4. The predicted molar refractivity (Wildman–Crippen MR) is 151 cm³/mol. The van der Waals surface area contributed by atoms with Crippen LogP contribution in [0.4, 0.5) is 18.9 Å². The molecule has 1 atom stereocenters. The van der Waals surface area contributed by atoms with Crippen LogP contribution in [-0.4, -0.2) is 61.9 Å². The fraction of sp³-hybridized carbons (Fsp3) is 0.679. The van der Waals surface area contributed by atoms with Gasteiger partial charge in [-0.05, 0) is 103 Å². The van der Waals surface area contributed by atoms with Crippen LogP contribution in [0.5, 0.6) is 0 Å². The zero-order chi connectivity index (χ0) is 29.7. The van der Waals surface area contributed by atoms with Crippen LogP contribution in [-0.2, 0) is 23.4 Å². The van der Waals surface area contributed by atoms with Crippen molar-refractivity contribution in [2.75, 3.05) is 11.9 Å². The van der Waals surface area contributed by atoms with E-state index in [2.05, 4.69) is 5.32 Å². The van der Waals surface area contributed by atoms with Crippen LogP contribution in [0.15, 0.2) is 23.7 Å². The molecule has 1 aromatic rings. The maximum Gasteiger partial charge on any atom is 0.494 e. The number of allylic oxidation sites excluding steroid dienone is 1. The first-order valence-corrected chi connectivity index (χ1v) is 13.9. The molecule has 4 rings (SSSR count). The van der Waals surface area contributed by atoms with Crippen LogP contribution in [0, 0.1) is 5.41 Å². The van der Waals surface area contributed by atoms with E-state index in [0.29, 0.717) is 23.4 Å². The molecule has 3 fully saturated rings. The van der Waals surface area contributed by atoms with Crippen molar-refractivity contribution in [3.63, 3.8) is 0 Å². The highest BCUT2D eigenvalue weighted by Crippen LogP contribution is 2.46. The van der Waals surface area contributed by atoms with Gasteiger partial charge < -0.3 is 34.1 Å². The first-order valence-electron chi connectivity index (χ1n) is 13.9. The Morgan fingerprint density at radius 1 is 0.925 bits per heavy atom. The topological polar surface area (TPSA) is 82.0 Å². The van der Waals surface area contributed by atoms with Crippen LogP contribution < -0.4 is 5.32 Å². The van der Waals surface area contributed by atoms with Crippen molar-refractivity contribution in [2.24, 2.45) is 0 Å². The molecule has 0 amide bonds. The highest BCUT2D eigenvalue weighted by atomic mass is 19.4. The second-order valence-electron chi connectivity index (χ2n) is 12.9. The Labute approximate surface area is 236 Å². The van der Waals surface area contributed by atoms with Gasteiger partial charge in [0, 0.05) is 24.1 Å². The molecule has 1 unspecified atom stereocenters. The largest absolute Gasteiger partial charge is 0.494 e. The van der Waals surface area contributed by atoms with Crippen molar-refractivity contribution >= 4 is 31.6 Å². The maximum atomic E-state index is 14.2. The van der Waals surface area contributed by atoms with Gasteiger partial charge in [-0.2, -0.15) is 13.2 Å². The maximum absolute atomic E-state index is 14.2. The van der Waals surface area contributed by atoms with Gasteiger partial charge in [0.05, 0.1) is 28.8 Å². The first kappa shape index (κ1) is 31.1. The van der Waals surface area contributed by atoms with Gasteiger partial charge in [0.15, 0.2) is 0 Å². The quantitative estimate of drug-likeness (QED) is 0.287. The Bertz CT molecular complexity index is 1120. The minimum absolute atomic E-state index is 0.114. The molecule has 0 aliphatic carbocycles. The highest BCUT2D eigenvalue weighted by molar-refractivity contribution is 6.74. The summed E-state index contributed by atoms with van der Waals surface area (Å²) in [6.45, 7) is 15.3. The van der Waals surface area contributed by atoms with E-state index >= 15 is 0 Å². The summed E-state index contributed by atoms with van der Waals surface area (Å²) < 4.78 is 73.3. The van der Waals surface area contributed by atoms with E-state index in [1.165, 1.54) is 6.21 Å². The van der Waals surface area contributed by atoms with Crippen molar-refractivity contribution in [2.45, 2.75) is 116 Å². The van der Waals surface area contributed by atoms with Crippen LogP contribution in [0.25, 0.3) is 5.47 Å². The van der Waals surface area contributed by atoms with Crippen LogP contribution in [0.3, 0.4) is 0 Å². The zero-order valence-electron chi connectivity index (χ0n) is 24.8. The van der Waals surface area contributed by atoms with Gasteiger partial charge >= 0.3 is 20.4 Å². The number of alkyl halides is 3. The molecule has 0 radical (unpaired) electrons. The standard InChI is InChI=1S/C28H41B2F3N2O5/c1-24(2)25(3,4)38-29(37-24)20(16-28(31,32)33)23(30-39-26(5,6)27(7,8)40-30)18-12-13-21(19(15-18)17-34)35-22-11-9-10-14-36-22/h12-13,15,17,22,34-35H,9-11,14,16H2,1-8H3/b23-20-,34-17?. The predicted octanol–water partition coefficient (Wildman–Crippen LogP) is 6.59. The van der Waals surface area contributed by atoms with E-state index in [1.54, 1.807) is 45.9 Å². The molecule has 0 aromatic heterocycles. The third kappa shape index (κ3) is 6.31. The summed E-state index contributed by atoms with van der Waals surface area (Å²) in [4.78, 5) is 0. The van der Waals surface area contributed by atoms with E-state index in [9.17, 15) is 13.2 Å². The smallest absolute Gasteiger partial charge is 0.400 e. The van der Waals surface area contributed by atoms with E-state index in [1.807, 2.05) is 27.7 Å². The van der Waals surface area contributed by atoms with Gasteiger partial charge in [-0.1, -0.05) is 6.07 Å². The minimum atomic E-state index is -4.56. The van der Waals surface area contributed by atoms with Crippen LogP contribution >= 0.6 is 0 Å². The molecule has 12 heteroatoms. The molecule has 7 nitrogen and oxygen atoms in total. The lowest BCUT2D eigenvalue weighted by atomic mass is 9.61. The van der Waals surface area contributed by atoms with E-state index < -0.39 is 49.2 Å². The summed E-state index contributed by atoms with van der Waals surface area (Å²) in [5.41, 5.74) is -1.64. The molecule has 0 spiro atoms. The molecule has 220 valence electrons. The van der Waals surface area contributed by atoms with Gasteiger partial charge in [0.25, 0.3) is 0 Å². The third-order valence-electron chi connectivity index (χ3n) is 8.78. The van der Waals surface area contributed by atoms with Crippen molar-refractivity contribution in [1.82, 2.24) is 0 Å². The number of ether oxygens (including phenoxy) is 1. The summed E-state index contributed by atoms with van der Waals surface area (Å²) in [7, 11) is -2.40. The van der Waals surface area contributed by atoms with Gasteiger partial charge in [-0.25, -0.2) is 0 Å². The lowest BCUT2D eigenvalue weighted by Crippen LogP contribution is -2.41. The summed E-state index contributed by atoms with van der Waals surface area (Å²) in [6.07, 6.45) is -2.00. The molecule has 40 heavy (non-hydrogen) atoms. The summed E-state index contributed by atoms with van der Waals surface area (Å²) in [5.74, 6) is 0. The SMILES string of the molecule is CC1(C)OB(/C(CC(F)(F)F)=C(\B2OC(C)(C)C(C)(C)O2)c2ccc(NC3CCCCO3)c(C=N)c2)OC1(C)C. The molecular weight excluding hydrogens is 523 g/mol. The lowest BCUT2D eigenvalue weighted by Gasteiger charge is -2.32. The lowest BCUT2D eigenvalue weighted by molar-refractivity contribution is -0.126. The zero-order valence-corrected chi connectivity index (χ0v) is 24.8. The van der Waals surface area contributed by atoms with Crippen molar-refractivity contribution in [3.05, 3.63) is 34.8 Å². The summed E-state index contributed by atoms with van der Waals surface area (Å²) >= 11 is 0. The second-order valence-corrected chi connectivity index (χ2v) is 12.9. The van der Waals surface area contributed by atoms with E-state index in [4.69, 9.17) is 28.8 Å². The monoisotopic (exact) mass is 564 g/mol. The molecule has 3 aliphatic rings. The third-order valence-corrected chi connectivity index (χ3v) is 8.78. The Hall–Kier alpha value is -1.85. The molecular formula is C28H41B2F3N2O5. The molecule has 3 aliphatic heterocycles. The fourth-order valence-electron chi connectivity index (χ4n) is 4.95. The molecule has 1 aromatic carbocycles. The Kier molecular flexibility index (Phi) is 8.37. The average molecular weight is 564 g/mol. The molecule has 3 saturated heterocycles. The van der Waals surface area contributed by atoms with E-state index in [-0.39, 0.29) is 17.2 Å². The van der Waals surface area contributed by atoms with Gasteiger partial charge in [-0.3, -0.25) is 0 Å². The number of benzene rings is 1. The van der Waals surface area contributed by atoms with E-state index in [0.717, 1.165) is 19.3 Å². The summed E-state index contributed by atoms with van der Waals surface area (Å²) in [6, 6.07) is 5.16. The van der Waals surface area contributed by atoms with Crippen molar-refractivity contribution in [1.29, 1.82) is 5.41 Å². The molecule has 2 N–H and O–H groups in total. The van der Waals surface area contributed by atoms with Crippen molar-refractivity contribution in [3.8, 4) is 0 Å². The fourth-order valence-corrected chi connectivity index (χ4v) is 4.95. The minimum Gasteiger partial charge on any atom is -0.400 e. The Morgan fingerprint density at radius 3 is 1.95 bits per heavy atom. The van der Waals surface area contributed by atoms with Gasteiger partial charge in [0.2, 0.25) is 0 Å². The molecule has 0 bridgehead atoms. The Morgan fingerprint density at radius 2 is 1.48 bits per heavy atom. The molecule has 3 heterocycles.